The second-order valence-electron chi connectivity index (χ2n) is 9.66. The number of piperazine rings is 1. The highest BCUT2D eigenvalue weighted by Gasteiger charge is 2.19. The van der Waals surface area contributed by atoms with E-state index in [1.807, 2.05) is 12.1 Å². The van der Waals surface area contributed by atoms with Crippen molar-refractivity contribution in [2.24, 2.45) is 0 Å². The Morgan fingerprint density at radius 3 is 2.47 bits per heavy atom. The minimum absolute atomic E-state index is 0.514. The fourth-order valence-electron chi connectivity index (χ4n) is 4.77. The van der Waals surface area contributed by atoms with Crippen molar-refractivity contribution in [2.45, 2.75) is 11.8 Å². The zero-order valence-corrected chi connectivity index (χ0v) is 22.4. The maximum Gasteiger partial charge on any atom is 0.300 e. The first-order chi connectivity index (χ1) is 17.5. The van der Waals surface area contributed by atoms with Gasteiger partial charge in [-0.15, -0.1) is 11.8 Å². The Kier molecular flexibility index (Phi) is 7.51. The lowest BCUT2D eigenvalue weighted by molar-refractivity contribution is 0.229. The van der Waals surface area contributed by atoms with Gasteiger partial charge < -0.3 is 19.5 Å². The molecular formula is C29H35N5OS. The van der Waals surface area contributed by atoms with E-state index in [2.05, 4.69) is 95.8 Å². The van der Waals surface area contributed by atoms with E-state index in [0.717, 1.165) is 67.2 Å². The molecule has 5 rings (SSSR count). The standard InChI is InChI=1S/C29H35N5OS/c1-21-20-23(10-13-27(21)34-18-16-33(17-19-34)15-14-32(2)3)30-29-31-26-7-5-6-25(28(26)35-29)22-8-11-24(36-4)12-9-22/h5-13,20H,14-19H2,1-4H3,(H,30,31). The van der Waals surface area contributed by atoms with Gasteiger partial charge in [-0.25, -0.2) is 0 Å². The normalized spacial score (nSPS) is 14.6. The Hall–Kier alpha value is -3.00. The van der Waals surface area contributed by atoms with Crippen LogP contribution in [-0.4, -0.2) is 74.4 Å². The van der Waals surface area contributed by atoms with Crippen LogP contribution in [0.1, 0.15) is 5.56 Å². The average Bonchev–Trinajstić information content (AvgIpc) is 3.30. The molecule has 1 saturated heterocycles. The molecule has 0 bridgehead atoms. The Balaban J connectivity index is 1.29. The molecule has 1 N–H and O–H groups in total. The summed E-state index contributed by atoms with van der Waals surface area (Å²) in [5.74, 6) is 0. The molecular weight excluding hydrogens is 466 g/mol. The first-order valence-electron chi connectivity index (χ1n) is 12.5. The number of para-hydroxylation sites is 1. The fraction of sp³-hybridized carbons (Fsp3) is 0.345. The van der Waals surface area contributed by atoms with Gasteiger partial charge in [0.15, 0.2) is 5.58 Å². The Morgan fingerprint density at radius 1 is 1.00 bits per heavy atom. The number of rotatable bonds is 8. The van der Waals surface area contributed by atoms with Crippen molar-refractivity contribution >= 4 is 40.3 Å². The smallest absolute Gasteiger partial charge is 0.300 e. The zero-order valence-electron chi connectivity index (χ0n) is 21.6. The van der Waals surface area contributed by atoms with Gasteiger partial charge in [-0.3, -0.25) is 4.90 Å². The van der Waals surface area contributed by atoms with Gasteiger partial charge in [0.05, 0.1) is 0 Å². The van der Waals surface area contributed by atoms with Crippen LogP contribution in [0.15, 0.2) is 70.0 Å². The van der Waals surface area contributed by atoms with Crippen molar-refractivity contribution < 1.29 is 4.42 Å². The van der Waals surface area contributed by atoms with Crippen LogP contribution in [-0.2, 0) is 0 Å². The van der Waals surface area contributed by atoms with Crippen LogP contribution in [0.2, 0.25) is 0 Å². The van der Waals surface area contributed by atoms with Crippen molar-refractivity contribution in [2.75, 3.05) is 69.8 Å². The highest BCUT2D eigenvalue weighted by Crippen LogP contribution is 2.33. The molecule has 2 heterocycles. The topological polar surface area (TPSA) is 47.8 Å². The number of thioether (sulfide) groups is 1. The Morgan fingerprint density at radius 2 is 1.78 bits per heavy atom. The first kappa shape index (κ1) is 24.7. The van der Waals surface area contributed by atoms with Gasteiger partial charge in [0.25, 0.3) is 6.01 Å². The lowest BCUT2D eigenvalue weighted by Crippen LogP contribution is -2.48. The van der Waals surface area contributed by atoms with Gasteiger partial charge in [0, 0.05) is 61.1 Å². The van der Waals surface area contributed by atoms with Crippen LogP contribution in [0.25, 0.3) is 22.2 Å². The van der Waals surface area contributed by atoms with E-state index >= 15 is 0 Å². The molecule has 0 saturated carbocycles. The molecule has 0 radical (unpaired) electrons. The van der Waals surface area contributed by atoms with Gasteiger partial charge in [0.1, 0.15) is 5.52 Å². The lowest BCUT2D eigenvalue weighted by atomic mass is 10.1. The van der Waals surface area contributed by atoms with E-state index in [1.165, 1.54) is 16.1 Å². The van der Waals surface area contributed by atoms with Crippen LogP contribution in [0.3, 0.4) is 0 Å². The van der Waals surface area contributed by atoms with E-state index in [-0.39, 0.29) is 0 Å². The molecule has 0 aliphatic carbocycles. The summed E-state index contributed by atoms with van der Waals surface area (Å²) < 4.78 is 6.21. The largest absolute Gasteiger partial charge is 0.423 e. The maximum absolute atomic E-state index is 6.21. The van der Waals surface area contributed by atoms with Crippen LogP contribution in [0, 0.1) is 6.92 Å². The predicted octanol–water partition coefficient (Wildman–Crippen LogP) is 5.95. The van der Waals surface area contributed by atoms with Crippen molar-refractivity contribution in [3.63, 3.8) is 0 Å². The molecule has 7 heteroatoms. The number of benzene rings is 3. The lowest BCUT2D eigenvalue weighted by Gasteiger charge is -2.37. The first-order valence-corrected chi connectivity index (χ1v) is 13.8. The van der Waals surface area contributed by atoms with Crippen molar-refractivity contribution in [1.82, 2.24) is 14.8 Å². The molecule has 0 amide bonds. The monoisotopic (exact) mass is 501 g/mol. The van der Waals surface area contributed by atoms with Crippen molar-refractivity contribution in [1.29, 1.82) is 0 Å². The van der Waals surface area contributed by atoms with E-state index in [1.54, 1.807) is 11.8 Å². The third-order valence-corrected chi connectivity index (χ3v) is 7.58. The number of fused-ring (bicyclic) bond motifs is 1. The molecule has 0 spiro atoms. The van der Waals surface area contributed by atoms with E-state index < -0.39 is 0 Å². The summed E-state index contributed by atoms with van der Waals surface area (Å²) in [4.78, 5) is 13.3. The minimum atomic E-state index is 0.514. The highest BCUT2D eigenvalue weighted by molar-refractivity contribution is 7.98. The average molecular weight is 502 g/mol. The molecule has 1 aliphatic rings. The quantitative estimate of drug-likeness (QED) is 0.299. The number of hydrogen-bond donors (Lipinski definition) is 1. The number of aromatic nitrogens is 1. The van der Waals surface area contributed by atoms with Crippen molar-refractivity contribution in [3.8, 4) is 11.1 Å². The summed E-state index contributed by atoms with van der Waals surface area (Å²) in [6.07, 6.45) is 2.09. The van der Waals surface area contributed by atoms with Gasteiger partial charge >= 0.3 is 0 Å². The second kappa shape index (κ2) is 10.9. The molecule has 3 aromatic carbocycles. The fourth-order valence-corrected chi connectivity index (χ4v) is 5.17. The number of oxazole rings is 1. The van der Waals surface area contributed by atoms with Crippen LogP contribution in [0.4, 0.5) is 17.4 Å². The zero-order chi connectivity index (χ0) is 25.1. The summed E-state index contributed by atoms with van der Waals surface area (Å²) >= 11 is 1.74. The summed E-state index contributed by atoms with van der Waals surface area (Å²) in [5.41, 5.74) is 7.38. The van der Waals surface area contributed by atoms with Crippen LogP contribution < -0.4 is 10.2 Å². The molecule has 36 heavy (non-hydrogen) atoms. The van der Waals surface area contributed by atoms with Gasteiger partial charge in [-0.1, -0.05) is 24.3 Å². The third-order valence-electron chi connectivity index (χ3n) is 6.84. The molecule has 6 nitrogen and oxygen atoms in total. The molecule has 4 aromatic rings. The Bertz CT molecular complexity index is 1310. The van der Waals surface area contributed by atoms with Crippen molar-refractivity contribution in [3.05, 3.63) is 66.2 Å². The Labute approximate surface area is 218 Å². The number of hydrogen-bond acceptors (Lipinski definition) is 7. The van der Waals surface area contributed by atoms with E-state index in [0.29, 0.717) is 6.01 Å². The molecule has 188 valence electrons. The van der Waals surface area contributed by atoms with E-state index in [4.69, 9.17) is 9.40 Å². The number of nitrogens with zero attached hydrogens (tertiary/aromatic N) is 4. The molecule has 1 fully saturated rings. The minimum Gasteiger partial charge on any atom is -0.423 e. The van der Waals surface area contributed by atoms with Crippen LogP contribution in [0.5, 0.6) is 0 Å². The molecule has 1 aliphatic heterocycles. The summed E-state index contributed by atoms with van der Waals surface area (Å²) in [5, 5.41) is 3.38. The van der Waals surface area contributed by atoms with Gasteiger partial charge in [-0.2, -0.15) is 4.98 Å². The van der Waals surface area contributed by atoms with Gasteiger partial charge in [-0.05, 0) is 74.8 Å². The van der Waals surface area contributed by atoms with Crippen LogP contribution >= 0.6 is 11.8 Å². The van der Waals surface area contributed by atoms with E-state index in [9.17, 15) is 0 Å². The molecule has 0 atom stereocenters. The number of nitrogens with one attached hydrogen (secondary N) is 1. The van der Waals surface area contributed by atoms with Gasteiger partial charge in [0.2, 0.25) is 0 Å². The molecule has 0 unspecified atom stereocenters. The summed E-state index contributed by atoms with van der Waals surface area (Å²) in [6, 6.07) is 21.7. The number of aryl methyl sites for hydroxylation is 1. The highest BCUT2D eigenvalue weighted by atomic mass is 32.2. The predicted molar refractivity (Wildman–Crippen MR) is 153 cm³/mol. The third kappa shape index (κ3) is 5.53. The summed E-state index contributed by atoms with van der Waals surface area (Å²) in [6.45, 7) is 8.77. The SMILES string of the molecule is CSc1ccc(-c2cccc3nc(Nc4ccc(N5CCN(CCN(C)C)CC5)c(C)c4)oc23)cc1. The molecule has 1 aromatic heterocycles. The second-order valence-corrected chi connectivity index (χ2v) is 10.5. The number of likely N-dealkylation sites (N-methyl/N-ethyl adjacent to an activating group) is 1. The summed E-state index contributed by atoms with van der Waals surface area (Å²) in [7, 11) is 4.28. The maximum atomic E-state index is 6.21. The number of anilines is 3.